The minimum atomic E-state index is -0.826. The van der Waals surface area contributed by atoms with E-state index in [4.69, 9.17) is 18.9 Å². The van der Waals surface area contributed by atoms with Crippen molar-refractivity contribution in [3.05, 3.63) is 0 Å². The Bertz CT molecular complexity index is 205. The van der Waals surface area contributed by atoms with Crippen molar-refractivity contribution in [2.45, 2.75) is 31.0 Å². The minimum Gasteiger partial charge on any atom is -0.387 e. The summed E-state index contributed by atoms with van der Waals surface area (Å²) < 4.78 is 21.6. The molecule has 17 heavy (non-hydrogen) atoms. The molecule has 0 aromatic heterocycles. The lowest BCUT2D eigenvalue weighted by Crippen LogP contribution is -2.38. The Labute approximate surface area is 102 Å². The summed E-state index contributed by atoms with van der Waals surface area (Å²) in [6, 6.07) is 0. The van der Waals surface area contributed by atoms with Crippen molar-refractivity contribution in [3.63, 3.8) is 0 Å². The Hall–Kier alpha value is -0.200. The third kappa shape index (κ3) is 4.52. The van der Waals surface area contributed by atoms with Crippen LogP contribution in [0.2, 0.25) is 0 Å². The van der Waals surface area contributed by atoms with E-state index in [1.807, 2.05) is 0 Å². The molecule has 0 amide bonds. The van der Waals surface area contributed by atoms with E-state index in [0.29, 0.717) is 52.5 Å². The van der Waals surface area contributed by atoms with E-state index < -0.39 is 5.60 Å². The zero-order valence-corrected chi connectivity index (χ0v) is 10.2. The molecular weight excluding hydrogens is 224 g/mol. The van der Waals surface area contributed by atoms with Gasteiger partial charge in [0, 0.05) is 32.7 Å². The van der Waals surface area contributed by atoms with Gasteiger partial charge in [-0.3, -0.25) is 0 Å². The summed E-state index contributed by atoms with van der Waals surface area (Å²) in [6.07, 6.45) is 2.25. The van der Waals surface area contributed by atoms with Crippen molar-refractivity contribution in [1.82, 2.24) is 0 Å². The normalized spacial score (nSPS) is 30.5. The third-order valence-corrected chi connectivity index (χ3v) is 3.27. The lowest BCUT2D eigenvalue weighted by atomic mass is 9.97. The van der Waals surface area contributed by atoms with E-state index in [1.54, 1.807) is 0 Å². The SMILES string of the molecule is OC1(CO[C@H]2CCOC2)CCOCCOCC1. The second kappa shape index (κ2) is 6.66. The van der Waals surface area contributed by atoms with Crippen molar-refractivity contribution in [3.8, 4) is 0 Å². The number of ether oxygens (including phenoxy) is 4. The highest BCUT2D eigenvalue weighted by atomic mass is 16.6. The topological polar surface area (TPSA) is 57.2 Å². The Morgan fingerprint density at radius 3 is 2.29 bits per heavy atom. The van der Waals surface area contributed by atoms with Gasteiger partial charge in [0.15, 0.2) is 0 Å². The molecule has 2 aliphatic rings. The molecule has 0 radical (unpaired) electrons. The van der Waals surface area contributed by atoms with E-state index in [-0.39, 0.29) is 6.10 Å². The Kier molecular flexibility index (Phi) is 5.18. The zero-order valence-electron chi connectivity index (χ0n) is 10.2. The number of hydrogen-bond acceptors (Lipinski definition) is 5. The molecule has 2 rings (SSSR count). The third-order valence-electron chi connectivity index (χ3n) is 3.27. The van der Waals surface area contributed by atoms with Gasteiger partial charge in [-0.05, 0) is 6.42 Å². The van der Waals surface area contributed by atoms with Gasteiger partial charge in [-0.15, -0.1) is 0 Å². The van der Waals surface area contributed by atoms with E-state index >= 15 is 0 Å². The van der Waals surface area contributed by atoms with Gasteiger partial charge < -0.3 is 24.1 Å². The molecule has 0 bridgehead atoms. The van der Waals surface area contributed by atoms with Gasteiger partial charge in [0.1, 0.15) is 0 Å². The fourth-order valence-corrected chi connectivity index (χ4v) is 2.03. The van der Waals surface area contributed by atoms with E-state index in [2.05, 4.69) is 0 Å². The average Bonchev–Trinajstić information content (AvgIpc) is 2.84. The van der Waals surface area contributed by atoms with E-state index in [1.165, 1.54) is 0 Å². The molecule has 1 N–H and O–H groups in total. The van der Waals surface area contributed by atoms with Crippen LogP contribution in [-0.4, -0.2) is 63.1 Å². The van der Waals surface area contributed by atoms with Crippen molar-refractivity contribution in [2.24, 2.45) is 0 Å². The van der Waals surface area contributed by atoms with Gasteiger partial charge in [0.25, 0.3) is 0 Å². The average molecular weight is 246 g/mol. The highest BCUT2D eigenvalue weighted by Crippen LogP contribution is 2.20. The van der Waals surface area contributed by atoms with Crippen LogP contribution < -0.4 is 0 Å². The Morgan fingerprint density at radius 2 is 1.71 bits per heavy atom. The van der Waals surface area contributed by atoms with Crippen LogP contribution in [0.25, 0.3) is 0 Å². The summed E-state index contributed by atoms with van der Waals surface area (Å²) in [4.78, 5) is 0. The number of aliphatic hydroxyl groups is 1. The van der Waals surface area contributed by atoms with Crippen LogP contribution in [0.1, 0.15) is 19.3 Å². The van der Waals surface area contributed by atoms with Crippen LogP contribution in [0.15, 0.2) is 0 Å². The molecule has 2 saturated heterocycles. The van der Waals surface area contributed by atoms with Crippen molar-refractivity contribution >= 4 is 0 Å². The molecule has 100 valence electrons. The molecular formula is C12H22O5. The fourth-order valence-electron chi connectivity index (χ4n) is 2.03. The summed E-state index contributed by atoms with van der Waals surface area (Å²) in [6.45, 7) is 4.07. The first-order valence-electron chi connectivity index (χ1n) is 6.36. The lowest BCUT2D eigenvalue weighted by Gasteiger charge is -2.28. The largest absolute Gasteiger partial charge is 0.387 e. The summed E-state index contributed by atoms with van der Waals surface area (Å²) in [7, 11) is 0. The maximum absolute atomic E-state index is 10.4. The Balaban J connectivity index is 1.76. The molecule has 0 saturated carbocycles. The van der Waals surface area contributed by atoms with Crippen molar-refractivity contribution < 1.29 is 24.1 Å². The van der Waals surface area contributed by atoms with Gasteiger partial charge >= 0.3 is 0 Å². The van der Waals surface area contributed by atoms with Crippen LogP contribution in [0.5, 0.6) is 0 Å². The van der Waals surface area contributed by atoms with Crippen LogP contribution in [0.3, 0.4) is 0 Å². The van der Waals surface area contributed by atoms with Gasteiger partial charge in [-0.1, -0.05) is 0 Å². The highest BCUT2D eigenvalue weighted by molar-refractivity contribution is 4.80. The molecule has 2 fully saturated rings. The molecule has 0 aliphatic carbocycles. The van der Waals surface area contributed by atoms with Crippen LogP contribution >= 0.6 is 0 Å². The van der Waals surface area contributed by atoms with E-state index in [9.17, 15) is 5.11 Å². The predicted octanol–water partition coefficient (Wildman–Crippen LogP) is 0.350. The summed E-state index contributed by atoms with van der Waals surface area (Å²) in [5.74, 6) is 0. The lowest BCUT2D eigenvalue weighted by molar-refractivity contribution is -0.0924. The monoisotopic (exact) mass is 246 g/mol. The first-order valence-corrected chi connectivity index (χ1v) is 6.36. The molecule has 0 unspecified atom stereocenters. The predicted molar refractivity (Wildman–Crippen MR) is 61.0 cm³/mol. The van der Waals surface area contributed by atoms with E-state index in [0.717, 1.165) is 13.0 Å². The summed E-state index contributed by atoms with van der Waals surface area (Å²) >= 11 is 0. The van der Waals surface area contributed by atoms with Crippen LogP contribution in [-0.2, 0) is 18.9 Å². The second-order valence-electron chi connectivity index (χ2n) is 4.75. The highest BCUT2D eigenvalue weighted by Gasteiger charge is 2.29. The van der Waals surface area contributed by atoms with Gasteiger partial charge in [-0.2, -0.15) is 0 Å². The van der Waals surface area contributed by atoms with Crippen molar-refractivity contribution in [1.29, 1.82) is 0 Å². The Morgan fingerprint density at radius 1 is 1.00 bits per heavy atom. The molecule has 0 aromatic carbocycles. The molecule has 2 aliphatic heterocycles. The fraction of sp³-hybridized carbons (Fsp3) is 1.00. The molecule has 2 heterocycles. The summed E-state index contributed by atoms with van der Waals surface area (Å²) in [5.41, 5.74) is -0.826. The molecule has 1 atom stereocenters. The maximum Gasteiger partial charge on any atom is 0.0924 e. The molecule has 5 heteroatoms. The first-order chi connectivity index (χ1) is 8.29. The number of hydrogen-bond donors (Lipinski definition) is 1. The standard InChI is InChI=1S/C12H22O5/c13-12(10-17-11-1-4-16-9-11)2-5-14-7-8-15-6-3-12/h11,13H,1-10H2/t11-/m0/s1. The van der Waals surface area contributed by atoms with Crippen molar-refractivity contribution in [2.75, 3.05) is 46.2 Å². The first kappa shape index (κ1) is 13.2. The van der Waals surface area contributed by atoms with Crippen LogP contribution in [0.4, 0.5) is 0 Å². The number of rotatable bonds is 3. The van der Waals surface area contributed by atoms with Gasteiger partial charge in [0.2, 0.25) is 0 Å². The quantitative estimate of drug-likeness (QED) is 0.778. The molecule has 0 spiro atoms. The zero-order chi connectivity index (χ0) is 12.0. The smallest absolute Gasteiger partial charge is 0.0924 e. The minimum absolute atomic E-state index is 0.133. The maximum atomic E-state index is 10.4. The van der Waals surface area contributed by atoms with Gasteiger partial charge in [-0.25, -0.2) is 0 Å². The second-order valence-corrected chi connectivity index (χ2v) is 4.75. The van der Waals surface area contributed by atoms with Crippen LogP contribution in [0, 0.1) is 0 Å². The van der Waals surface area contributed by atoms with Gasteiger partial charge in [0.05, 0.1) is 38.1 Å². The molecule has 0 aromatic rings. The summed E-state index contributed by atoms with van der Waals surface area (Å²) in [5, 5.41) is 10.4. The molecule has 5 nitrogen and oxygen atoms in total.